The quantitative estimate of drug-likeness (QED) is 0.732. The van der Waals surface area contributed by atoms with Crippen LogP contribution in [0.25, 0.3) is 0 Å². The maximum Gasteiger partial charge on any atom is 0.287 e. The Morgan fingerprint density at radius 1 is 1.79 bits per heavy atom. The van der Waals surface area contributed by atoms with Crippen LogP contribution in [0.4, 0.5) is 0 Å². The van der Waals surface area contributed by atoms with Crippen molar-refractivity contribution in [1.29, 1.82) is 0 Å². The average molecular weight is 198 g/mol. The highest BCUT2D eigenvalue weighted by molar-refractivity contribution is 5.89. The van der Waals surface area contributed by atoms with Crippen LogP contribution in [0.2, 0.25) is 0 Å². The fourth-order valence-electron chi connectivity index (χ4n) is 1.04. The molecule has 0 spiro atoms. The van der Waals surface area contributed by atoms with Gasteiger partial charge in [0.15, 0.2) is 0 Å². The van der Waals surface area contributed by atoms with Crippen molar-refractivity contribution in [3.05, 3.63) is 11.8 Å². The predicted octanol–water partition coefficient (Wildman–Crippen LogP) is -0.0588. The zero-order valence-electron chi connectivity index (χ0n) is 7.43. The van der Waals surface area contributed by atoms with E-state index in [4.69, 9.17) is 15.2 Å². The van der Waals surface area contributed by atoms with Crippen LogP contribution in [0.3, 0.4) is 0 Å². The molecule has 1 unspecified atom stereocenters. The van der Waals surface area contributed by atoms with E-state index in [0.29, 0.717) is 6.61 Å². The van der Waals surface area contributed by atoms with Gasteiger partial charge in [-0.05, 0) is 5.16 Å². The molecule has 0 saturated carbocycles. The van der Waals surface area contributed by atoms with E-state index in [2.05, 4.69) is 9.68 Å². The van der Waals surface area contributed by atoms with Crippen LogP contribution in [0, 0.1) is 0 Å². The third-order valence-electron chi connectivity index (χ3n) is 1.94. The zero-order chi connectivity index (χ0) is 9.97. The van der Waals surface area contributed by atoms with Crippen LogP contribution in [-0.4, -0.2) is 30.4 Å². The van der Waals surface area contributed by atoms with Gasteiger partial charge in [-0.3, -0.25) is 4.79 Å². The topological polar surface area (TPSA) is 87.6 Å². The van der Waals surface area contributed by atoms with Gasteiger partial charge in [0, 0.05) is 13.0 Å². The number of carbonyl (C=O) groups excluding carboxylic acids is 1. The highest BCUT2D eigenvalue weighted by Crippen LogP contribution is 2.15. The fourth-order valence-corrected chi connectivity index (χ4v) is 1.04. The summed E-state index contributed by atoms with van der Waals surface area (Å²) in [6, 6.07) is 1.36. The standard InChI is InChI=1S/C8H10N2O4/c9-8(11)6-3-7(10-14-6)13-4-5-1-2-12-5/h3,5H,1-2,4H2,(H2,9,11). The van der Waals surface area contributed by atoms with E-state index in [-0.39, 0.29) is 17.7 Å². The molecule has 6 nitrogen and oxygen atoms in total. The van der Waals surface area contributed by atoms with Crippen molar-refractivity contribution >= 4 is 5.91 Å². The number of nitrogens with zero attached hydrogens (tertiary/aromatic N) is 1. The summed E-state index contributed by atoms with van der Waals surface area (Å²) in [5.41, 5.74) is 4.97. The molecular formula is C8H10N2O4. The molecule has 0 aromatic carbocycles. The second kappa shape index (κ2) is 3.67. The number of aromatic nitrogens is 1. The highest BCUT2D eigenvalue weighted by Gasteiger charge is 2.19. The van der Waals surface area contributed by atoms with Crippen molar-refractivity contribution in [3.63, 3.8) is 0 Å². The van der Waals surface area contributed by atoms with Crippen LogP contribution in [0.15, 0.2) is 10.6 Å². The van der Waals surface area contributed by atoms with Crippen LogP contribution < -0.4 is 10.5 Å². The first-order valence-corrected chi connectivity index (χ1v) is 4.26. The number of hydrogen-bond acceptors (Lipinski definition) is 5. The summed E-state index contributed by atoms with van der Waals surface area (Å²) in [5, 5.41) is 3.51. The summed E-state index contributed by atoms with van der Waals surface area (Å²) in [7, 11) is 0. The van der Waals surface area contributed by atoms with Crippen LogP contribution in [-0.2, 0) is 4.74 Å². The van der Waals surface area contributed by atoms with E-state index < -0.39 is 5.91 Å². The molecule has 1 atom stereocenters. The fraction of sp³-hybridized carbons (Fsp3) is 0.500. The molecule has 0 radical (unpaired) electrons. The molecule has 1 fully saturated rings. The second-order valence-corrected chi connectivity index (χ2v) is 2.99. The van der Waals surface area contributed by atoms with Gasteiger partial charge in [0.1, 0.15) is 6.61 Å². The lowest BCUT2D eigenvalue weighted by molar-refractivity contribution is -0.0730. The summed E-state index contributed by atoms with van der Waals surface area (Å²) < 4.78 is 15.0. The molecule has 1 amide bonds. The van der Waals surface area contributed by atoms with E-state index >= 15 is 0 Å². The lowest BCUT2D eigenvalue weighted by Gasteiger charge is -2.25. The third-order valence-corrected chi connectivity index (χ3v) is 1.94. The van der Waals surface area contributed by atoms with Crippen LogP contribution >= 0.6 is 0 Å². The van der Waals surface area contributed by atoms with Gasteiger partial charge in [-0.15, -0.1) is 0 Å². The Balaban J connectivity index is 1.86. The summed E-state index contributed by atoms with van der Waals surface area (Å²) in [6.45, 7) is 1.20. The van der Waals surface area contributed by atoms with Gasteiger partial charge in [-0.2, -0.15) is 0 Å². The minimum Gasteiger partial charge on any atom is -0.473 e. The first kappa shape index (κ1) is 9.01. The molecule has 2 N–H and O–H groups in total. The molecule has 2 rings (SSSR count). The summed E-state index contributed by atoms with van der Waals surface area (Å²) in [4.78, 5) is 10.6. The Hall–Kier alpha value is -1.56. The molecule has 0 bridgehead atoms. The largest absolute Gasteiger partial charge is 0.473 e. The van der Waals surface area contributed by atoms with Gasteiger partial charge in [-0.1, -0.05) is 0 Å². The molecule has 1 aliphatic heterocycles. The molecule has 76 valence electrons. The molecule has 1 aromatic heterocycles. The number of primary amides is 1. The van der Waals surface area contributed by atoms with Crippen molar-refractivity contribution in [1.82, 2.24) is 5.16 Å². The SMILES string of the molecule is NC(=O)c1cc(OCC2CCO2)no1. The number of carbonyl (C=O) groups is 1. The van der Waals surface area contributed by atoms with E-state index in [1.807, 2.05) is 0 Å². The molecule has 1 saturated heterocycles. The van der Waals surface area contributed by atoms with Gasteiger partial charge < -0.3 is 19.7 Å². The molecule has 14 heavy (non-hydrogen) atoms. The van der Waals surface area contributed by atoms with Gasteiger partial charge in [0.25, 0.3) is 11.8 Å². The Labute approximate surface area is 79.9 Å². The Morgan fingerprint density at radius 3 is 3.07 bits per heavy atom. The number of amides is 1. The molecule has 2 heterocycles. The second-order valence-electron chi connectivity index (χ2n) is 2.99. The maximum absolute atomic E-state index is 10.6. The van der Waals surface area contributed by atoms with Crippen molar-refractivity contribution in [2.75, 3.05) is 13.2 Å². The van der Waals surface area contributed by atoms with Crippen molar-refractivity contribution in [3.8, 4) is 5.88 Å². The van der Waals surface area contributed by atoms with Crippen molar-refractivity contribution in [2.45, 2.75) is 12.5 Å². The summed E-state index contributed by atoms with van der Waals surface area (Å²) >= 11 is 0. The monoisotopic (exact) mass is 198 g/mol. The predicted molar refractivity (Wildman–Crippen MR) is 44.9 cm³/mol. The lowest BCUT2D eigenvalue weighted by Crippen LogP contribution is -2.32. The van der Waals surface area contributed by atoms with Crippen LogP contribution in [0.1, 0.15) is 17.0 Å². The van der Waals surface area contributed by atoms with E-state index in [0.717, 1.165) is 13.0 Å². The number of rotatable bonds is 4. The van der Waals surface area contributed by atoms with Gasteiger partial charge in [0.05, 0.1) is 12.2 Å². The summed E-state index contributed by atoms with van der Waals surface area (Å²) in [5.74, 6) is -0.406. The van der Waals surface area contributed by atoms with E-state index in [9.17, 15) is 4.79 Å². The maximum atomic E-state index is 10.6. The lowest BCUT2D eigenvalue weighted by atomic mass is 10.2. The van der Waals surface area contributed by atoms with E-state index in [1.54, 1.807) is 0 Å². The molecular weight excluding hydrogens is 188 g/mol. The number of ether oxygens (including phenoxy) is 2. The number of nitrogens with two attached hydrogens (primary N) is 1. The third kappa shape index (κ3) is 1.85. The van der Waals surface area contributed by atoms with Gasteiger partial charge in [0.2, 0.25) is 5.76 Å². The average Bonchev–Trinajstić information content (AvgIpc) is 2.50. The summed E-state index contributed by atoms with van der Waals surface area (Å²) in [6.07, 6.45) is 1.12. The normalized spacial score (nSPS) is 20.1. The smallest absolute Gasteiger partial charge is 0.287 e. The van der Waals surface area contributed by atoms with Crippen molar-refractivity contribution in [2.24, 2.45) is 5.73 Å². The minimum atomic E-state index is -0.660. The highest BCUT2D eigenvalue weighted by atomic mass is 16.6. The first-order valence-electron chi connectivity index (χ1n) is 4.26. The Bertz CT molecular complexity index is 332. The molecule has 1 aliphatic rings. The van der Waals surface area contributed by atoms with Crippen LogP contribution in [0.5, 0.6) is 5.88 Å². The number of hydrogen-bond donors (Lipinski definition) is 1. The molecule has 1 aromatic rings. The zero-order valence-corrected chi connectivity index (χ0v) is 7.43. The van der Waals surface area contributed by atoms with Gasteiger partial charge in [-0.25, -0.2) is 0 Å². The minimum absolute atomic E-state index is 0.00507. The van der Waals surface area contributed by atoms with Gasteiger partial charge >= 0.3 is 0 Å². The Kier molecular flexibility index (Phi) is 2.36. The first-order chi connectivity index (χ1) is 6.75. The molecule has 6 heteroatoms. The molecule has 0 aliphatic carbocycles. The van der Waals surface area contributed by atoms with E-state index in [1.165, 1.54) is 6.07 Å². The van der Waals surface area contributed by atoms with Crippen molar-refractivity contribution < 1.29 is 18.8 Å². The Morgan fingerprint density at radius 2 is 2.57 bits per heavy atom.